The van der Waals surface area contributed by atoms with E-state index in [1.807, 2.05) is 0 Å². The lowest BCUT2D eigenvalue weighted by molar-refractivity contribution is 0.0501. The van der Waals surface area contributed by atoms with Gasteiger partial charge in [-0.15, -0.1) is 0 Å². The number of benzene rings is 1. The van der Waals surface area contributed by atoms with E-state index in [4.69, 9.17) is 9.47 Å². The number of hydrogen-bond donors (Lipinski definition) is 1. The molecule has 11 heteroatoms. The Bertz CT molecular complexity index is 1370. The molecule has 1 aliphatic heterocycles. The number of ether oxygens (including phenoxy) is 2. The summed E-state index contributed by atoms with van der Waals surface area (Å²) in [7, 11) is 0. The van der Waals surface area contributed by atoms with Gasteiger partial charge >= 0.3 is 11.7 Å². The van der Waals surface area contributed by atoms with E-state index in [9.17, 15) is 28.4 Å². The quantitative estimate of drug-likeness (QED) is 0.599. The van der Waals surface area contributed by atoms with Crippen molar-refractivity contribution in [1.82, 2.24) is 14.1 Å². The van der Waals surface area contributed by atoms with Crippen LogP contribution >= 0.6 is 0 Å². The van der Waals surface area contributed by atoms with Gasteiger partial charge in [0.05, 0.1) is 11.8 Å². The van der Waals surface area contributed by atoms with Crippen LogP contribution in [0.3, 0.4) is 0 Å². The van der Waals surface area contributed by atoms with Gasteiger partial charge in [0, 0.05) is 24.4 Å². The van der Waals surface area contributed by atoms with Crippen molar-refractivity contribution in [3.63, 3.8) is 0 Å². The first-order valence-corrected chi connectivity index (χ1v) is 9.56. The Morgan fingerprint density at radius 1 is 1.09 bits per heavy atom. The number of aromatic nitrogens is 3. The van der Waals surface area contributed by atoms with Crippen LogP contribution in [0.2, 0.25) is 0 Å². The molecular formula is C21H16FN3O7. The Balaban J connectivity index is 1.62. The fourth-order valence-electron chi connectivity index (χ4n) is 3.24. The van der Waals surface area contributed by atoms with E-state index in [0.717, 1.165) is 16.8 Å². The van der Waals surface area contributed by atoms with Gasteiger partial charge < -0.3 is 14.5 Å². The summed E-state index contributed by atoms with van der Waals surface area (Å²) < 4.78 is 25.7. The maximum Gasteiger partial charge on any atom is 0.343 e. The zero-order valence-corrected chi connectivity index (χ0v) is 16.4. The summed E-state index contributed by atoms with van der Waals surface area (Å²) in [6, 6.07) is 7.35. The highest BCUT2D eigenvalue weighted by atomic mass is 19.1. The fourth-order valence-corrected chi connectivity index (χ4v) is 3.24. The van der Waals surface area contributed by atoms with Crippen LogP contribution in [0.15, 0.2) is 63.2 Å². The third kappa shape index (κ3) is 4.05. The van der Waals surface area contributed by atoms with Crippen LogP contribution in [0.25, 0.3) is 0 Å². The van der Waals surface area contributed by atoms with E-state index in [1.54, 1.807) is 0 Å². The highest BCUT2D eigenvalue weighted by Gasteiger charge is 2.25. The van der Waals surface area contributed by atoms with Gasteiger partial charge in [0.25, 0.3) is 17.0 Å². The zero-order valence-electron chi connectivity index (χ0n) is 16.4. The van der Waals surface area contributed by atoms with Gasteiger partial charge in [-0.25, -0.2) is 9.59 Å². The normalized spacial score (nSPS) is 15.5. The van der Waals surface area contributed by atoms with Crippen LogP contribution in [0.5, 0.6) is 5.75 Å². The predicted octanol–water partition coefficient (Wildman–Crippen LogP) is 1.05. The molecule has 164 valence electrons. The number of aromatic amines is 1. The van der Waals surface area contributed by atoms with Crippen LogP contribution in [0, 0.1) is 5.82 Å². The Labute approximate surface area is 178 Å². The number of halogens is 1. The van der Waals surface area contributed by atoms with Crippen LogP contribution in [0.4, 0.5) is 4.39 Å². The van der Waals surface area contributed by atoms with Crippen molar-refractivity contribution in [2.24, 2.45) is 0 Å². The second-order valence-electron chi connectivity index (χ2n) is 6.94. The molecule has 1 saturated heterocycles. The first-order valence-electron chi connectivity index (χ1n) is 9.56. The van der Waals surface area contributed by atoms with E-state index in [-0.39, 0.29) is 21.4 Å². The molecule has 0 aliphatic carbocycles. The van der Waals surface area contributed by atoms with E-state index in [0.29, 0.717) is 19.4 Å². The number of nitrogens with zero attached hydrogens (tertiary/aromatic N) is 2. The number of nitrogens with one attached hydrogen (secondary N) is 1. The Morgan fingerprint density at radius 3 is 2.47 bits per heavy atom. The third-order valence-electron chi connectivity index (χ3n) is 4.82. The van der Waals surface area contributed by atoms with E-state index in [2.05, 4.69) is 4.98 Å². The lowest BCUT2D eigenvalue weighted by Gasteiger charge is -2.15. The van der Waals surface area contributed by atoms with Crippen molar-refractivity contribution in [2.45, 2.75) is 19.1 Å². The first-order chi connectivity index (χ1) is 15.3. The van der Waals surface area contributed by atoms with Crippen molar-refractivity contribution in [2.75, 3.05) is 6.61 Å². The highest BCUT2D eigenvalue weighted by Crippen LogP contribution is 2.20. The number of carbonyl (C=O) groups is 2. The monoisotopic (exact) mass is 441 g/mol. The van der Waals surface area contributed by atoms with Crippen LogP contribution in [-0.4, -0.2) is 32.6 Å². The SMILES string of the molecule is O=C(Oc1cc[nH]c(=O)c1)c1ccc(C(=O)n2c(=O)c(F)cn(C3CCCO3)c2=O)cc1. The molecule has 0 saturated carbocycles. The summed E-state index contributed by atoms with van der Waals surface area (Å²) >= 11 is 0. The largest absolute Gasteiger partial charge is 0.423 e. The smallest absolute Gasteiger partial charge is 0.343 e. The summed E-state index contributed by atoms with van der Waals surface area (Å²) in [5.41, 5.74) is -2.94. The fraction of sp³-hybridized carbons (Fsp3) is 0.190. The maximum atomic E-state index is 14.2. The molecule has 1 aromatic carbocycles. The minimum absolute atomic E-state index is 0.0277. The van der Waals surface area contributed by atoms with Crippen molar-refractivity contribution >= 4 is 11.9 Å². The number of rotatable bonds is 4. The minimum atomic E-state index is -1.38. The molecule has 0 amide bonds. The lowest BCUT2D eigenvalue weighted by Crippen LogP contribution is -2.45. The van der Waals surface area contributed by atoms with Gasteiger partial charge in [0.2, 0.25) is 5.82 Å². The maximum absolute atomic E-state index is 14.2. The Kier molecular flexibility index (Phi) is 5.65. The van der Waals surface area contributed by atoms with Crippen molar-refractivity contribution in [1.29, 1.82) is 0 Å². The number of H-pyrrole nitrogens is 1. The summed E-state index contributed by atoms with van der Waals surface area (Å²) in [6.45, 7) is 0.376. The minimum Gasteiger partial charge on any atom is -0.423 e. The van der Waals surface area contributed by atoms with E-state index >= 15 is 0 Å². The van der Waals surface area contributed by atoms with Gasteiger partial charge in [-0.2, -0.15) is 8.96 Å². The van der Waals surface area contributed by atoms with Crippen LogP contribution < -0.4 is 21.5 Å². The molecule has 1 aliphatic rings. The van der Waals surface area contributed by atoms with Gasteiger partial charge in [0.1, 0.15) is 12.0 Å². The second kappa shape index (κ2) is 8.55. The number of carbonyl (C=O) groups excluding carboxylic acids is 2. The van der Waals surface area contributed by atoms with Gasteiger partial charge in [-0.3, -0.25) is 19.0 Å². The van der Waals surface area contributed by atoms with Crippen molar-refractivity contribution in [3.05, 3.63) is 96.9 Å². The number of esters is 1. The predicted molar refractivity (Wildman–Crippen MR) is 107 cm³/mol. The number of pyridine rings is 1. The summed E-state index contributed by atoms with van der Waals surface area (Å²) in [6.07, 6.45) is 2.38. The van der Waals surface area contributed by atoms with Crippen molar-refractivity contribution in [3.8, 4) is 5.75 Å². The molecule has 0 bridgehead atoms. The molecule has 1 atom stereocenters. The molecule has 0 radical (unpaired) electrons. The molecule has 3 aromatic rings. The summed E-state index contributed by atoms with van der Waals surface area (Å²) in [4.78, 5) is 63.6. The lowest BCUT2D eigenvalue weighted by atomic mass is 10.1. The second-order valence-corrected chi connectivity index (χ2v) is 6.94. The molecule has 1 unspecified atom stereocenters. The van der Waals surface area contributed by atoms with Gasteiger partial charge in [-0.05, 0) is 43.2 Å². The molecule has 2 aromatic heterocycles. The zero-order chi connectivity index (χ0) is 22.8. The Morgan fingerprint density at radius 2 is 1.81 bits per heavy atom. The highest BCUT2D eigenvalue weighted by molar-refractivity contribution is 5.97. The summed E-state index contributed by atoms with van der Waals surface area (Å²) in [5.74, 6) is -3.09. The van der Waals surface area contributed by atoms with Gasteiger partial charge in [-0.1, -0.05) is 0 Å². The number of hydrogen-bond acceptors (Lipinski definition) is 7. The molecule has 3 heterocycles. The molecule has 0 spiro atoms. The topological polar surface area (TPSA) is 129 Å². The first kappa shape index (κ1) is 21.1. The standard InChI is InChI=1S/C21H16FN3O7/c22-15-11-24(17-2-1-9-31-17)21(30)25(19(15)28)18(27)12-3-5-13(6-4-12)20(29)32-14-7-8-23-16(26)10-14/h3-8,10-11,17H,1-2,9H2,(H,23,26). The summed E-state index contributed by atoms with van der Waals surface area (Å²) in [5, 5.41) is 0. The van der Waals surface area contributed by atoms with E-state index < -0.39 is 40.7 Å². The molecule has 4 rings (SSSR count). The van der Waals surface area contributed by atoms with Crippen molar-refractivity contribution < 1.29 is 23.5 Å². The average molecular weight is 441 g/mol. The molecular weight excluding hydrogens is 425 g/mol. The molecule has 32 heavy (non-hydrogen) atoms. The average Bonchev–Trinajstić information content (AvgIpc) is 3.31. The van der Waals surface area contributed by atoms with Gasteiger partial charge in [0.15, 0.2) is 0 Å². The van der Waals surface area contributed by atoms with Crippen LogP contribution in [-0.2, 0) is 4.74 Å². The van der Waals surface area contributed by atoms with Crippen LogP contribution in [0.1, 0.15) is 39.8 Å². The molecule has 1 fully saturated rings. The third-order valence-corrected chi connectivity index (χ3v) is 4.82. The molecule has 10 nitrogen and oxygen atoms in total. The molecule has 1 N–H and O–H groups in total. The van der Waals surface area contributed by atoms with E-state index in [1.165, 1.54) is 36.5 Å². The Hall–Kier alpha value is -4.12.